The Kier molecular flexibility index (Phi) is 8.63. The number of hydrogen-bond acceptors (Lipinski definition) is 5. The summed E-state index contributed by atoms with van der Waals surface area (Å²) in [6, 6.07) is 8.31. The van der Waals surface area contributed by atoms with Gasteiger partial charge < -0.3 is 20.5 Å². The van der Waals surface area contributed by atoms with Gasteiger partial charge in [0.1, 0.15) is 18.2 Å². The number of thioether (sulfide) groups is 1. The molecule has 3 N–H and O–H groups in total. The first kappa shape index (κ1) is 22.1. The van der Waals surface area contributed by atoms with Crippen LogP contribution in [0.5, 0.6) is 0 Å². The van der Waals surface area contributed by atoms with E-state index in [0.717, 1.165) is 24.8 Å². The molecule has 1 saturated carbocycles. The number of hydrogen-bond donors (Lipinski definition) is 3. The number of aliphatic carboxylic acids is 1. The Hall–Kier alpha value is -2.22. The topological polar surface area (TPSA) is 105 Å². The SMILES string of the molecule is CSCC[C@H](NC(=O)C1(NC(=O)OCc2ccccc2)CCCCC1)C(=O)O. The number of carbonyl (C=O) groups excluding carboxylic acids is 2. The second-order valence-corrected chi connectivity index (χ2v) is 7.96. The van der Waals surface area contributed by atoms with E-state index in [9.17, 15) is 19.5 Å². The van der Waals surface area contributed by atoms with E-state index in [4.69, 9.17) is 4.74 Å². The molecule has 28 heavy (non-hydrogen) atoms. The second-order valence-electron chi connectivity index (χ2n) is 6.98. The van der Waals surface area contributed by atoms with E-state index in [-0.39, 0.29) is 6.61 Å². The van der Waals surface area contributed by atoms with Crippen molar-refractivity contribution >= 4 is 29.7 Å². The maximum absolute atomic E-state index is 13.0. The third-order valence-corrected chi connectivity index (χ3v) is 5.55. The first-order valence-corrected chi connectivity index (χ1v) is 10.9. The smallest absolute Gasteiger partial charge is 0.408 e. The summed E-state index contributed by atoms with van der Waals surface area (Å²) in [7, 11) is 0. The zero-order valence-corrected chi connectivity index (χ0v) is 16.9. The molecule has 1 aliphatic carbocycles. The van der Waals surface area contributed by atoms with E-state index in [0.29, 0.717) is 25.0 Å². The van der Waals surface area contributed by atoms with Crippen LogP contribution in [0.15, 0.2) is 30.3 Å². The van der Waals surface area contributed by atoms with Gasteiger partial charge in [-0.05, 0) is 36.8 Å². The zero-order valence-electron chi connectivity index (χ0n) is 16.1. The van der Waals surface area contributed by atoms with Gasteiger partial charge in [-0.3, -0.25) is 4.79 Å². The van der Waals surface area contributed by atoms with Crippen LogP contribution in [0.4, 0.5) is 4.79 Å². The number of alkyl carbamates (subject to hydrolysis) is 1. The number of carbonyl (C=O) groups is 3. The lowest BCUT2D eigenvalue weighted by molar-refractivity contribution is -0.143. The van der Waals surface area contributed by atoms with E-state index in [1.807, 2.05) is 36.6 Å². The lowest BCUT2D eigenvalue weighted by atomic mass is 9.80. The van der Waals surface area contributed by atoms with Gasteiger partial charge in [-0.25, -0.2) is 9.59 Å². The Bertz CT molecular complexity index is 662. The van der Waals surface area contributed by atoms with Crippen molar-refractivity contribution in [2.45, 2.75) is 56.7 Å². The summed E-state index contributed by atoms with van der Waals surface area (Å²) in [5, 5.41) is 14.7. The molecule has 0 aliphatic heterocycles. The maximum Gasteiger partial charge on any atom is 0.408 e. The number of carboxylic acid groups (broad SMARTS) is 1. The number of nitrogens with one attached hydrogen (secondary N) is 2. The van der Waals surface area contributed by atoms with Crippen LogP contribution in [-0.2, 0) is 20.9 Å². The van der Waals surface area contributed by atoms with Gasteiger partial charge in [0.25, 0.3) is 0 Å². The summed E-state index contributed by atoms with van der Waals surface area (Å²) in [6.07, 6.45) is 5.03. The predicted molar refractivity (Wildman–Crippen MR) is 108 cm³/mol. The number of rotatable bonds is 9. The largest absolute Gasteiger partial charge is 0.480 e. The molecule has 8 heteroatoms. The van der Waals surface area contributed by atoms with Gasteiger partial charge in [-0.1, -0.05) is 49.6 Å². The second kappa shape index (κ2) is 10.9. The standard InChI is InChI=1S/C20H28N2O5S/c1-28-13-10-16(17(23)24)21-18(25)20(11-6-3-7-12-20)22-19(26)27-14-15-8-4-2-5-9-15/h2,4-5,8-9,16H,3,6-7,10-14H2,1H3,(H,21,25)(H,22,26)(H,23,24)/t16-/m0/s1. The minimum absolute atomic E-state index is 0.107. The van der Waals surface area contributed by atoms with Crippen LogP contribution in [-0.4, -0.2) is 46.7 Å². The highest BCUT2D eigenvalue weighted by atomic mass is 32.2. The van der Waals surface area contributed by atoms with E-state index in [1.54, 1.807) is 0 Å². The molecule has 1 aromatic rings. The van der Waals surface area contributed by atoms with Gasteiger partial charge in [0.15, 0.2) is 0 Å². The molecule has 0 saturated heterocycles. The first-order valence-electron chi connectivity index (χ1n) is 9.48. The van der Waals surface area contributed by atoms with Gasteiger partial charge in [0.2, 0.25) is 5.91 Å². The summed E-state index contributed by atoms with van der Waals surface area (Å²) < 4.78 is 5.27. The normalized spacial score (nSPS) is 16.6. The Morgan fingerprint density at radius 1 is 1.18 bits per heavy atom. The highest BCUT2D eigenvalue weighted by Gasteiger charge is 2.42. The summed E-state index contributed by atoms with van der Waals surface area (Å²) in [4.78, 5) is 36.8. The summed E-state index contributed by atoms with van der Waals surface area (Å²) in [5.74, 6) is -0.894. The van der Waals surface area contributed by atoms with Crippen molar-refractivity contribution in [3.8, 4) is 0 Å². The van der Waals surface area contributed by atoms with Gasteiger partial charge in [0, 0.05) is 0 Å². The Morgan fingerprint density at radius 3 is 2.46 bits per heavy atom. The van der Waals surface area contributed by atoms with Crippen molar-refractivity contribution in [2.24, 2.45) is 0 Å². The van der Waals surface area contributed by atoms with Crippen LogP contribution in [0.2, 0.25) is 0 Å². The zero-order chi connectivity index (χ0) is 20.4. The van der Waals surface area contributed by atoms with E-state index in [1.165, 1.54) is 11.8 Å². The number of ether oxygens (including phenoxy) is 1. The predicted octanol–water partition coefficient (Wildman–Crippen LogP) is 2.94. The van der Waals surface area contributed by atoms with Gasteiger partial charge in [-0.15, -0.1) is 0 Å². The number of benzene rings is 1. The molecule has 1 fully saturated rings. The third kappa shape index (κ3) is 6.44. The van der Waals surface area contributed by atoms with Crippen LogP contribution in [0, 0.1) is 0 Å². The molecular weight excluding hydrogens is 380 g/mol. The Labute approximate surface area is 169 Å². The highest BCUT2D eigenvalue weighted by molar-refractivity contribution is 7.98. The molecule has 1 aromatic carbocycles. The molecule has 1 aliphatic rings. The van der Waals surface area contributed by atoms with Crippen molar-refractivity contribution in [1.82, 2.24) is 10.6 Å². The fourth-order valence-corrected chi connectivity index (χ4v) is 3.78. The molecule has 0 aromatic heterocycles. The van der Waals surface area contributed by atoms with Crippen molar-refractivity contribution in [3.05, 3.63) is 35.9 Å². The molecule has 0 unspecified atom stereocenters. The quantitative estimate of drug-likeness (QED) is 0.580. The van der Waals surface area contributed by atoms with Gasteiger partial charge in [0.05, 0.1) is 0 Å². The molecule has 2 rings (SSSR count). The fourth-order valence-electron chi connectivity index (χ4n) is 3.31. The van der Waals surface area contributed by atoms with Crippen LogP contribution < -0.4 is 10.6 Å². The van der Waals surface area contributed by atoms with Crippen molar-refractivity contribution in [1.29, 1.82) is 0 Å². The van der Waals surface area contributed by atoms with Crippen molar-refractivity contribution in [2.75, 3.05) is 12.0 Å². The third-order valence-electron chi connectivity index (χ3n) is 4.91. The lowest BCUT2D eigenvalue weighted by Crippen LogP contribution is -2.62. The van der Waals surface area contributed by atoms with Crippen molar-refractivity contribution in [3.63, 3.8) is 0 Å². The molecule has 0 spiro atoms. The summed E-state index contributed by atoms with van der Waals surface area (Å²) in [6.45, 7) is 0.107. The van der Waals surface area contributed by atoms with E-state index >= 15 is 0 Å². The Balaban J connectivity index is 2.02. The summed E-state index contributed by atoms with van der Waals surface area (Å²) in [5.41, 5.74) is -0.276. The molecule has 7 nitrogen and oxygen atoms in total. The van der Waals surface area contributed by atoms with Gasteiger partial charge in [-0.2, -0.15) is 11.8 Å². The minimum Gasteiger partial charge on any atom is -0.480 e. The van der Waals surface area contributed by atoms with Crippen LogP contribution in [0.1, 0.15) is 44.1 Å². The van der Waals surface area contributed by atoms with E-state index < -0.39 is 29.6 Å². The Morgan fingerprint density at radius 2 is 1.86 bits per heavy atom. The van der Waals surface area contributed by atoms with Crippen LogP contribution in [0.3, 0.4) is 0 Å². The fraction of sp³-hybridized carbons (Fsp3) is 0.550. The molecule has 0 radical (unpaired) electrons. The number of carboxylic acids is 1. The monoisotopic (exact) mass is 408 g/mol. The molecular formula is C20H28N2O5S. The van der Waals surface area contributed by atoms with E-state index in [2.05, 4.69) is 10.6 Å². The highest BCUT2D eigenvalue weighted by Crippen LogP contribution is 2.29. The summed E-state index contributed by atoms with van der Waals surface area (Å²) >= 11 is 1.52. The van der Waals surface area contributed by atoms with Gasteiger partial charge >= 0.3 is 12.1 Å². The number of amides is 2. The molecule has 2 amide bonds. The minimum atomic E-state index is -1.13. The molecule has 0 bridgehead atoms. The first-order chi connectivity index (χ1) is 13.5. The average Bonchev–Trinajstić information content (AvgIpc) is 2.70. The molecule has 1 atom stereocenters. The van der Waals surface area contributed by atoms with Crippen LogP contribution >= 0.6 is 11.8 Å². The van der Waals surface area contributed by atoms with Crippen LogP contribution in [0.25, 0.3) is 0 Å². The molecule has 154 valence electrons. The average molecular weight is 409 g/mol. The molecule has 0 heterocycles. The van der Waals surface area contributed by atoms with Crippen molar-refractivity contribution < 1.29 is 24.2 Å². The maximum atomic E-state index is 13.0. The lowest BCUT2D eigenvalue weighted by Gasteiger charge is -2.36.